The molecule has 1 aliphatic rings. The topological polar surface area (TPSA) is 96.3 Å². The Bertz CT molecular complexity index is 1100. The highest BCUT2D eigenvalue weighted by Gasteiger charge is 2.49. The second-order valence-electron chi connectivity index (χ2n) is 7.43. The molecular weight excluding hydrogens is 365 g/mol. The largest absolute Gasteiger partial charge is 0.386 e. The summed E-state index contributed by atoms with van der Waals surface area (Å²) in [5.41, 5.74) is 6.66. The molecule has 0 bridgehead atoms. The maximum atomic E-state index is 14.7. The van der Waals surface area contributed by atoms with E-state index >= 15 is 0 Å². The van der Waals surface area contributed by atoms with Crippen LogP contribution in [0.1, 0.15) is 31.9 Å². The number of benzene rings is 2. The Kier molecular flexibility index (Phi) is 4.35. The van der Waals surface area contributed by atoms with Crippen molar-refractivity contribution < 1.29 is 12.8 Å². The molecule has 0 unspecified atom stereocenters. The summed E-state index contributed by atoms with van der Waals surface area (Å²) >= 11 is 0. The van der Waals surface area contributed by atoms with Gasteiger partial charge in [0.2, 0.25) is 0 Å². The molecule has 2 N–H and O–H groups in total. The monoisotopic (exact) mass is 385 g/mol. The van der Waals surface area contributed by atoms with Crippen LogP contribution in [-0.2, 0) is 15.4 Å². The number of nitriles is 1. The van der Waals surface area contributed by atoms with E-state index in [0.717, 1.165) is 5.56 Å². The van der Waals surface area contributed by atoms with E-state index in [0.29, 0.717) is 11.1 Å². The first kappa shape index (κ1) is 19.1. The minimum Gasteiger partial charge on any atom is -0.386 e. The Labute approximate surface area is 158 Å². The predicted octanol–water partition coefficient (Wildman–Crippen LogP) is 3.14. The van der Waals surface area contributed by atoms with Gasteiger partial charge in [0.05, 0.1) is 17.4 Å². The third-order valence-corrected chi connectivity index (χ3v) is 7.81. The minimum absolute atomic E-state index is 0.0347. The van der Waals surface area contributed by atoms with Gasteiger partial charge in [-0.2, -0.15) is 5.26 Å². The number of sulfone groups is 1. The zero-order valence-electron chi connectivity index (χ0n) is 15.3. The summed E-state index contributed by atoms with van der Waals surface area (Å²) in [4.78, 5) is 4.39. The van der Waals surface area contributed by atoms with Crippen molar-refractivity contribution in [2.45, 2.75) is 31.1 Å². The SMILES string of the molecule is CC1(C)C(N)=N[C@](C)(c2cc(-c3cccc(C#N)c3)ccc2F)CS1(=O)=O. The molecule has 27 heavy (non-hydrogen) atoms. The van der Waals surface area contributed by atoms with Crippen LogP contribution in [0.4, 0.5) is 4.39 Å². The van der Waals surface area contributed by atoms with Gasteiger partial charge >= 0.3 is 0 Å². The first-order chi connectivity index (χ1) is 12.5. The van der Waals surface area contributed by atoms with Crippen LogP contribution in [0.5, 0.6) is 0 Å². The van der Waals surface area contributed by atoms with Gasteiger partial charge in [0.25, 0.3) is 0 Å². The molecule has 0 aliphatic carbocycles. The molecule has 1 aliphatic heterocycles. The van der Waals surface area contributed by atoms with Gasteiger partial charge in [-0.15, -0.1) is 0 Å². The Balaban J connectivity index is 2.18. The number of aliphatic imine (C=N–C) groups is 1. The predicted molar refractivity (Wildman–Crippen MR) is 103 cm³/mol. The highest BCUT2D eigenvalue weighted by atomic mass is 32.2. The van der Waals surface area contributed by atoms with E-state index in [1.165, 1.54) is 19.9 Å². The van der Waals surface area contributed by atoms with E-state index in [1.807, 2.05) is 0 Å². The van der Waals surface area contributed by atoms with Crippen LogP contribution >= 0.6 is 0 Å². The third kappa shape index (κ3) is 3.10. The summed E-state index contributed by atoms with van der Waals surface area (Å²) in [5, 5.41) is 9.08. The lowest BCUT2D eigenvalue weighted by Gasteiger charge is -2.38. The smallest absolute Gasteiger partial charge is 0.165 e. The first-order valence-corrected chi connectivity index (χ1v) is 10.0. The van der Waals surface area contributed by atoms with Crippen LogP contribution in [0.25, 0.3) is 11.1 Å². The van der Waals surface area contributed by atoms with Crippen molar-refractivity contribution in [1.29, 1.82) is 5.26 Å². The Hall–Kier alpha value is -2.72. The van der Waals surface area contributed by atoms with Crippen LogP contribution in [0.15, 0.2) is 47.5 Å². The maximum absolute atomic E-state index is 14.7. The van der Waals surface area contributed by atoms with Gasteiger partial charge in [-0.1, -0.05) is 18.2 Å². The molecule has 2 aromatic carbocycles. The molecule has 0 fully saturated rings. The molecule has 0 amide bonds. The molecule has 5 nitrogen and oxygen atoms in total. The second-order valence-corrected chi connectivity index (χ2v) is 9.97. The molecule has 0 radical (unpaired) electrons. The standard InChI is InChI=1S/C20H20FN3O2S/c1-19(2)18(23)24-20(3,12-27(19,25)26)16-10-15(7-8-17(16)21)14-6-4-5-13(9-14)11-22/h4-10H,12H2,1-3H3,(H2,23,24)/t20-/m0/s1. The quantitative estimate of drug-likeness (QED) is 0.859. The van der Waals surface area contributed by atoms with Gasteiger partial charge < -0.3 is 5.73 Å². The van der Waals surface area contributed by atoms with Gasteiger partial charge in [0.1, 0.15) is 21.9 Å². The maximum Gasteiger partial charge on any atom is 0.165 e. The molecular formula is C20H20FN3O2S. The minimum atomic E-state index is -3.64. The van der Waals surface area contributed by atoms with Crippen LogP contribution in [0, 0.1) is 17.1 Å². The number of nitrogens with zero attached hydrogens (tertiary/aromatic N) is 2. The normalized spacial score (nSPS) is 23.3. The number of halogens is 1. The number of rotatable bonds is 2. The molecule has 0 spiro atoms. The molecule has 140 valence electrons. The van der Waals surface area contributed by atoms with Crippen molar-refractivity contribution in [2.24, 2.45) is 10.7 Å². The summed E-state index contributed by atoms with van der Waals surface area (Å²) in [7, 11) is -3.64. The zero-order chi connectivity index (χ0) is 20.0. The molecule has 2 aromatic rings. The van der Waals surface area contributed by atoms with E-state index < -0.39 is 25.9 Å². The molecule has 7 heteroatoms. The number of hydrogen-bond donors (Lipinski definition) is 1. The van der Waals surface area contributed by atoms with Gasteiger partial charge in [-0.05, 0) is 56.2 Å². The van der Waals surface area contributed by atoms with Crippen molar-refractivity contribution in [2.75, 3.05) is 5.75 Å². The van der Waals surface area contributed by atoms with E-state index in [-0.39, 0.29) is 17.2 Å². The Morgan fingerprint density at radius 3 is 2.44 bits per heavy atom. The fourth-order valence-corrected chi connectivity index (χ4v) is 4.85. The summed E-state index contributed by atoms with van der Waals surface area (Å²) in [6.07, 6.45) is 0. The Morgan fingerprint density at radius 2 is 1.81 bits per heavy atom. The van der Waals surface area contributed by atoms with E-state index in [1.54, 1.807) is 43.3 Å². The fourth-order valence-electron chi connectivity index (χ4n) is 3.17. The second kappa shape index (κ2) is 6.17. The summed E-state index contributed by atoms with van der Waals surface area (Å²) < 4.78 is 38.9. The van der Waals surface area contributed by atoms with Crippen molar-refractivity contribution in [1.82, 2.24) is 0 Å². The molecule has 0 saturated carbocycles. The molecule has 0 aromatic heterocycles. The lowest BCUT2D eigenvalue weighted by atomic mass is 9.90. The summed E-state index contributed by atoms with van der Waals surface area (Å²) in [5.74, 6) is -0.927. The van der Waals surface area contributed by atoms with Crippen molar-refractivity contribution >= 4 is 15.7 Å². The van der Waals surface area contributed by atoms with Crippen LogP contribution < -0.4 is 5.73 Å². The Morgan fingerprint density at radius 1 is 1.15 bits per heavy atom. The zero-order valence-corrected chi connectivity index (χ0v) is 16.1. The highest BCUT2D eigenvalue weighted by molar-refractivity contribution is 7.93. The average Bonchev–Trinajstić information content (AvgIpc) is 2.60. The number of amidine groups is 1. The lowest BCUT2D eigenvalue weighted by Crippen LogP contribution is -2.54. The average molecular weight is 385 g/mol. The van der Waals surface area contributed by atoms with Gasteiger partial charge in [0.15, 0.2) is 9.84 Å². The molecule has 0 saturated heterocycles. The van der Waals surface area contributed by atoms with E-state index in [2.05, 4.69) is 11.1 Å². The molecule has 3 rings (SSSR count). The molecule has 1 atom stereocenters. The first-order valence-electron chi connectivity index (χ1n) is 8.39. The fraction of sp³-hybridized carbons (Fsp3) is 0.300. The number of nitrogens with two attached hydrogens (primary N) is 1. The van der Waals surface area contributed by atoms with E-state index in [9.17, 15) is 12.8 Å². The third-order valence-electron chi connectivity index (χ3n) is 5.10. The lowest BCUT2D eigenvalue weighted by molar-refractivity contribution is 0.476. The summed E-state index contributed by atoms with van der Waals surface area (Å²) in [6, 6.07) is 13.4. The van der Waals surface area contributed by atoms with Crippen LogP contribution in [-0.4, -0.2) is 24.8 Å². The van der Waals surface area contributed by atoms with E-state index in [4.69, 9.17) is 11.0 Å². The van der Waals surface area contributed by atoms with Crippen molar-refractivity contribution in [3.63, 3.8) is 0 Å². The number of hydrogen-bond acceptors (Lipinski definition) is 5. The van der Waals surface area contributed by atoms with Gasteiger partial charge in [-0.3, -0.25) is 4.99 Å². The van der Waals surface area contributed by atoms with Crippen LogP contribution in [0.3, 0.4) is 0 Å². The highest BCUT2D eigenvalue weighted by Crippen LogP contribution is 2.39. The van der Waals surface area contributed by atoms with Gasteiger partial charge in [0, 0.05) is 5.56 Å². The van der Waals surface area contributed by atoms with Gasteiger partial charge in [-0.25, -0.2) is 12.8 Å². The summed E-state index contributed by atoms with van der Waals surface area (Å²) in [6.45, 7) is 4.57. The van der Waals surface area contributed by atoms with Crippen molar-refractivity contribution in [3.8, 4) is 17.2 Å². The van der Waals surface area contributed by atoms with Crippen LogP contribution in [0.2, 0.25) is 0 Å². The molecule has 1 heterocycles. The van der Waals surface area contributed by atoms with Crippen molar-refractivity contribution in [3.05, 3.63) is 59.4 Å².